The van der Waals surface area contributed by atoms with E-state index in [4.69, 9.17) is 5.73 Å². The summed E-state index contributed by atoms with van der Waals surface area (Å²) in [4.78, 5) is 29.2. The lowest BCUT2D eigenvalue weighted by atomic mass is 9.93. The van der Waals surface area contributed by atoms with E-state index in [0.717, 1.165) is 27.8 Å². The predicted octanol–water partition coefficient (Wildman–Crippen LogP) is 4.25. The van der Waals surface area contributed by atoms with Crippen LogP contribution >= 0.6 is 0 Å². The molecule has 2 unspecified atom stereocenters. The molecule has 10 heteroatoms. The van der Waals surface area contributed by atoms with Gasteiger partial charge in [-0.1, -0.05) is 12.2 Å². The largest absolute Gasteiger partial charge is 0.398 e. The number of carbonyl (C=O) groups is 2. The van der Waals surface area contributed by atoms with Crippen molar-refractivity contribution in [2.45, 2.75) is 44.3 Å². The number of benzene rings is 1. The number of aryl methyl sites for hydroxylation is 1. The minimum atomic E-state index is -4.46. The molecule has 36 heavy (non-hydrogen) atoms. The summed E-state index contributed by atoms with van der Waals surface area (Å²) in [7, 11) is 0. The fourth-order valence-corrected chi connectivity index (χ4v) is 4.37. The number of hydrogen-bond acceptors (Lipinski definition) is 5. The van der Waals surface area contributed by atoms with Gasteiger partial charge in [0.15, 0.2) is 0 Å². The number of nitrogens with zero attached hydrogens (tertiary/aromatic N) is 2. The van der Waals surface area contributed by atoms with Crippen molar-refractivity contribution in [1.82, 2.24) is 15.6 Å². The van der Waals surface area contributed by atoms with Gasteiger partial charge in [0.05, 0.1) is 6.07 Å². The van der Waals surface area contributed by atoms with E-state index in [1.54, 1.807) is 24.5 Å². The van der Waals surface area contributed by atoms with E-state index in [0.29, 0.717) is 24.2 Å². The first-order valence-corrected chi connectivity index (χ1v) is 11.3. The molecule has 186 valence electrons. The van der Waals surface area contributed by atoms with Crippen LogP contribution in [0.5, 0.6) is 0 Å². The van der Waals surface area contributed by atoms with E-state index in [9.17, 15) is 28.0 Å². The fourth-order valence-electron chi connectivity index (χ4n) is 4.37. The van der Waals surface area contributed by atoms with Gasteiger partial charge in [-0.2, -0.15) is 18.4 Å². The molecule has 0 spiro atoms. The van der Waals surface area contributed by atoms with Crippen molar-refractivity contribution < 1.29 is 22.8 Å². The average Bonchev–Trinajstić information content (AvgIpc) is 3.45. The van der Waals surface area contributed by atoms with Crippen molar-refractivity contribution in [1.29, 1.82) is 5.26 Å². The summed E-state index contributed by atoms with van der Waals surface area (Å²) in [6.07, 6.45) is 4.11. The summed E-state index contributed by atoms with van der Waals surface area (Å²) >= 11 is 0. The Morgan fingerprint density at radius 1 is 1.31 bits per heavy atom. The molecule has 4 N–H and O–H groups in total. The highest BCUT2D eigenvalue weighted by Gasteiger charge is 2.60. The number of alkyl halides is 3. The third-order valence-electron chi connectivity index (χ3n) is 6.39. The van der Waals surface area contributed by atoms with Crippen molar-refractivity contribution >= 4 is 29.7 Å². The molecule has 2 aliphatic rings. The second kappa shape index (κ2) is 9.49. The average molecular weight is 496 g/mol. The maximum Gasteiger partial charge on any atom is 0.389 e. The van der Waals surface area contributed by atoms with Gasteiger partial charge in [-0.25, -0.2) is 0 Å². The lowest BCUT2D eigenvalue weighted by molar-refractivity contribution is -0.141. The number of carbonyl (C=O) groups excluding carboxylic acids is 2. The van der Waals surface area contributed by atoms with Crippen LogP contribution in [-0.2, 0) is 9.59 Å². The fraction of sp³-hybridized carbons (Fsp3) is 0.308. The second-order valence-electron chi connectivity index (χ2n) is 9.08. The third kappa shape index (κ3) is 5.40. The number of aromatic nitrogens is 1. The van der Waals surface area contributed by atoms with E-state index in [1.165, 1.54) is 0 Å². The van der Waals surface area contributed by atoms with Gasteiger partial charge in [0.2, 0.25) is 0 Å². The van der Waals surface area contributed by atoms with Crippen LogP contribution in [0.1, 0.15) is 42.4 Å². The Morgan fingerprint density at radius 2 is 2.08 bits per heavy atom. The summed E-state index contributed by atoms with van der Waals surface area (Å²) < 4.78 is 38.1. The van der Waals surface area contributed by atoms with E-state index in [2.05, 4.69) is 15.6 Å². The third-order valence-corrected chi connectivity index (χ3v) is 6.39. The number of hydrogen-bond donors (Lipinski definition) is 3. The van der Waals surface area contributed by atoms with Gasteiger partial charge >= 0.3 is 18.0 Å². The molecule has 1 aromatic carbocycles. The Balaban J connectivity index is 1.55. The second-order valence-corrected chi connectivity index (χ2v) is 9.08. The quantitative estimate of drug-likeness (QED) is 0.433. The molecule has 4 rings (SSSR count). The number of anilines is 1. The van der Waals surface area contributed by atoms with Crippen molar-refractivity contribution in [2.75, 3.05) is 5.73 Å². The first-order chi connectivity index (χ1) is 17.0. The Hall–Kier alpha value is -4.13. The van der Waals surface area contributed by atoms with Gasteiger partial charge in [-0.15, -0.1) is 0 Å². The zero-order valence-electron chi connectivity index (χ0n) is 19.4. The van der Waals surface area contributed by atoms with Gasteiger partial charge in [0.25, 0.3) is 0 Å². The Labute approximate surface area is 205 Å². The topological polar surface area (TPSA) is 121 Å². The number of nitrogens with one attached hydrogen (secondary N) is 2. The van der Waals surface area contributed by atoms with Crippen LogP contribution in [0.4, 0.5) is 18.9 Å². The summed E-state index contributed by atoms with van der Waals surface area (Å²) in [5.41, 5.74) is 9.85. The molecule has 0 bridgehead atoms. The first kappa shape index (κ1) is 25.0. The van der Waals surface area contributed by atoms with Crippen LogP contribution in [0, 0.1) is 24.2 Å². The predicted molar refractivity (Wildman–Crippen MR) is 128 cm³/mol. The Bertz CT molecular complexity index is 1330. The van der Waals surface area contributed by atoms with Crippen LogP contribution in [0.2, 0.25) is 0 Å². The Kier molecular flexibility index (Phi) is 6.59. The normalized spacial score (nSPS) is 22.2. The van der Waals surface area contributed by atoms with Crippen molar-refractivity contribution in [3.8, 4) is 17.2 Å². The van der Waals surface area contributed by atoms with E-state index >= 15 is 0 Å². The summed E-state index contributed by atoms with van der Waals surface area (Å²) in [5.74, 6) is -3.28. The minimum absolute atomic E-state index is 0.154. The maximum atomic E-state index is 12.7. The first-order valence-electron chi connectivity index (χ1n) is 11.3. The monoisotopic (exact) mass is 495 g/mol. The molecule has 0 radical (unpaired) electrons. The number of allylic oxidation sites excluding steroid dienone is 2. The maximum absolute atomic E-state index is 12.7. The lowest BCUT2D eigenvalue weighted by Gasteiger charge is -2.17. The molecule has 0 saturated heterocycles. The number of amides is 2. The van der Waals surface area contributed by atoms with Crippen LogP contribution in [0.15, 0.2) is 42.4 Å². The lowest BCUT2D eigenvalue weighted by Crippen LogP contribution is -2.46. The zero-order chi connectivity index (χ0) is 26.1. The summed E-state index contributed by atoms with van der Waals surface area (Å²) in [6, 6.07) is 7.37. The molecule has 1 saturated carbocycles. The molecule has 2 amide bonds. The van der Waals surface area contributed by atoms with Crippen molar-refractivity contribution in [3.05, 3.63) is 59.1 Å². The molecular weight excluding hydrogens is 471 g/mol. The highest BCUT2D eigenvalue weighted by atomic mass is 19.4. The minimum Gasteiger partial charge on any atom is -0.398 e. The van der Waals surface area contributed by atoms with Gasteiger partial charge in [0, 0.05) is 47.2 Å². The zero-order valence-corrected chi connectivity index (χ0v) is 19.4. The van der Waals surface area contributed by atoms with Gasteiger partial charge < -0.3 is 16.4 Å². The highest BCUT2D eigenvalue weighted by molar-refractivity contribution is 6.35. The molecular formula is C26H24F3N5O2. The molecule has 2 atom stereocenters. The molecule has 0 aliphatic heterocycles. The molecule has 2 aliphatic carbocycles. The number of rotatable bonds is 4. The summed E-state index contributed by atoms with van der Waals surface area (Å²) in [5, 5.41) is 14.1. The van der Waals surface area contributed by atoms with Gasteiger partial charge in [-0.3, -0.25) is 14.6 Å². The van der Waals surface area contributed by atoms with Crippen LogP contribution in [0.25, 0.3) is 23.3 Å². The number of halogens is 3. The molecule has 1 heterocycles. The number of pyridine rings is 1. The Morgan fingerprint density at radius 3 is 2.78 bits per heavy atom. The van der Waals surface area contributed by atoms with E-state index < -0.39 is 35.9 Å². The standard InChI is InChI=1S/C26H24F3N5O2/c1-15-6-7-32-13-21(15)17-8-16-9-19(4-2-3-5-20(16)22(31)10-17)33-23(35)24(36)34-25(14-30)11-18(25)12-26(27,28)29/h3,5-10,13,18H,2,4,11-12,31H2,1H3,(H,33,35)(H,34,36)/b5-3?,19-9+. The number of nitrogen functional groups attached to an aromatic ring is 1. The number of fused-ring (bicyclic) bond motifs is 1. The molecule has 2 aromatic rings. The van der Waals surface area contributed by atoms with Crippen LogP contribution in [0.3, 0.4) is 0 Å². The molecule has 1 fully saturated rings. The molecule has 7 nitrogen and oxygen atoms in total. The number of nitrogens with two attached hydrogens (primary N) is 1. The van der Waals surface area contributed by atoms with Gasteiger partial charge in [-0.05, 0) is 67.2 Å². The van der Waals surface area contributed by atoms with Crippen molar-refractivity contribution in [3.63, 3.8) is 0 Å². The van der Waals surface area contributed by atoms with Gasteiger partial charge in [0.1, 0.15) is 5.54 Å². The van der Waals surface area contributed by atoms with Crippen LogP contribution in [-0.4, -0.2) is 28.5 Å². The SMILES string of the molecule is Cc1ccncc1-c1cc(N)c2c(c1)/C=C(/NC(=O)C(=O)NC1(C#N)CC1CC(F)(F)F)CCC=C2. The smallest absolute Gasteiger partial charge is 0.389 e. The summed E-state index contributed by atoms with van der Waals surface area (Å²) in [6.45, 7) is 1.96. The van der Waals surface area contributed by atoms with E-state index in [-0.39, 0.29) is 6.42 Å². The number of nitriles is 1. The highest BCUT2D eigenvalue weighted by Crippen LogP contribution is 2.49. The van der Waals surface area contributed by atoms with Crippen LogP contribution < -0.4 is 16.4 Å². The van der Waals surface area contributed by atoms with Crippen molar-refractivity contribution in [2.24, 2.45) is 5.92 Å². The van der Waals surface area contributed by atoms with E-state index in [1.807, 2.05) is 37.3 Å². The molecule has 1 aromatic heterocycles.